The highest BCUT2D eigenvalue weighted by atomic mass is 32.2. The van der Waals surface area contributed by atoms with E-state index in [-0.39, 0.29) is 47.4 Å². The Labute approximate surface area is 182 Å². The molecule has 0 aromatic heterocycles. The van der Waals surface area contributed by atoms with Gasteiger partial charge in [0.1, 0.15) is 0 Å². The first-order valence-electron chi connectivity index (χ1n) is 10.8. The quantitative estimate of drug-likeness (QED) is 0.534. The normalized spacial score (nSPS) is 24.3. The van der Waals surface area contributed by atoms with E-state index in [9.17, 15) is 22.8 Å². The zero-order chi connectivity index (χ0) is 22.0. The van der Waals surface area contributed by atoms with E-state index >= 15 is 0 Å². The van der Waals surface area contributed by atoms with Gasteiger partial charge in [0.15, 0.2) is 0 Å². The van der Waals surface area contributed by atoms with E-state index in [1.165, 1.54) is 21.3 Å². The summed E-state index contributed by atoms with van der Waals surface area (Å²) in [6.45, 7) is 1.05. The first kappa shape index (κ1) is 21.7. The molecule has 0 unspecified atom stereocenters. The monoisotopic (exact) mass is 445 g/mol. The molecule has 4 rings (SSSR count). The van der Waals surface area contributed by atoms with Crippen molar-refractivity contribution in [2.24, 2.45) is 11.8 Å². The third kappa shape index (κ3) is 4.43. The Morgan fingerprint density at radius 3 is 2.29 bits per heavy atom. The van der Waals surface area contributed by atoms with Crippen molar-refractivity contribution in [3.05, 3.63) is 36.4 Å². The number of nitrogens with one attached hydrogen (secondary N) is 1. The Bertz CT molecular complexity index is 988. The van der Waals surface area contributed by atoms with Crippen LogP contribution >= 0.6 is 0 Å². The van der Waals surface area contributed by atoms with Gasteiger partial charge in [-0.05, 0) is 43.9 Å². The lowest BCUT2D eigenvalue weighted by Gasteiger charge is -2.26. The second-order valence-corrected chi connectivity index (χ2v) is 10.2. The van der Waals surface area contributed by atoms with E-state index in [0.29, 0.717) is 31.6 Å². The van der Waals surface area contributed by atoms with Crippen LogP contribution < -0.4 is 5.32 Å². The first-order valence-corrected chi connectivity index (χ1v) is 12.2. The van der Waals surface area contributed by atoms with Gasteiger partial charge in [-0.3, -0.25) is 19.3 Å². The first-order chi connectivity index (χ1) is 14.9. The van der Waals surface area contributed by atoms with E-state index in [0.717, 1.165) is 19.3 Å². The van der Waals surface area contributed by atoms with Crippen LogP contribution in [0, 0.1) is 11.8 Å². The van der Waals surface area contributed by atoms with Crippen molar-refractivity contribution in [1.82, 2.24) is 9.21 Å². The molecule has 1 aromatic carbocycles. The summed E-state index contributed by atoms with van der Waals surface area (Å²) < 4.78 is 27.2. The molecule has 0 saturated carbocycles. The fourth-order valence-electron chi connectivity index (χ4n) is 4.51. The Balaban J connectivity index is 1.37. The number of carbonyl (C=O) groups excluding carboxylic acids is 3. The summed E-state index contributed by atoms with van der Waals surface area (Å²) in [5.74, 6) is -1.40. The maximum Gasteiger partial charge on any atom is 0.243 e. The molecule has 0 bridgehead atoms. The summed E-state index contributed by atoms with van der Waals surface area (Å²) in [5.41, 5.74) is 0.375. The van der Waals surface area contributed by atoms with Gasteiger partial charge in [-0.2, -0.15) is 4.31 Å². The molecule has 3 aliphatic rings. The molecule has 2 fully saturated rings. The van der Waals surface area contributed by atoms with Crippen molar-refractivity contribution in [1.29, 1.82) is 0 Å². The third-order valence-electron chi connectivity index (χ3n) is 6.23. The molecule has 2 aliphatic heterocycles. The summed E-state index contributed by atoms with van der Waals surface area (Å²) in [4.78, 5) is 38.8. The smallest absolute Gasteiger partial charge is 0.243 e. The number of hydrogen-bond donors (Lipinski definition) is 1. The molecule has 8 nitrogen and oxygen atoms in total. The molecule has 3 amide bonds. The van der Waals surface area contributed by atoms with Crippen molar-refractivity contribution in [2.45, 2.75) is 43.4 Å². The SMILES string of the molecule is O=C(CCN1C(=O)[C@H]2CC=CC[C@@H]2C1=O)Nc1cccc(S(=O)(=O)N2CCCCC2)c1. The predicted molar refractivity (Wildman–Crippen MR) is 114 cm³/mol. The van der Waals surface area contributed by atoms with Gasteiger partial charge in [0.25, 0.3) is 0 Å². The number of sulfonamides is 1. The zero-order valence-corrected chi connectivity index (χ0v) is 18.1. The van der Waals surface area contributed by atoms with Gasteiger partial charge in [0.05, 0.1) is 16.7 Å². The highest BCUT2D eigenvalue weighted by Crippen LogP contribution is 2.35. The number of fused-ring (bicyclic) bond motifs is 1. The van der Waals surface area contributed by atoms with Gasteiger partial charge in [-0.1, -0.05) is 24.6 Å². The van der Waals surface area contributed by atoms with Crippen LogP contribution in [0.15, 0.2) is 41.3 Å². The second kappa shape index (κ2) is 8.92. The van der Waals surface area contributed by atoms with Crippen LogP contribution in [0.2, 0.25) is 0 Å². The third-order valence-corrected chi connectivity index (χ3v) is 8.13. The summed E-state index contributed by atoms with van der Waals surface area (Å²) >= 11 is 0. The molecule has 1 aromatic rings. The number of carbonyl (C=O) groups is 3. The lowest BCUT2D eigenvalue weighted by molar-refractivity contribution is -0.140. The molecule has 0 radical (unpaired) electrons. The van der Waals surface area contributed by atoms with Crippen LogP contribution in [0.5, 0.6) is 0 Å². The molecule has 2 saturated heterocycles. The predicted octanol–water partition coefficient (Wildman–Crippen LogP) is 2.14. The second-order valence-electron chi connectivity index (χ2n) is 8.27. The minimum Gasteiger partial charge on any atom is -0.326 e. The number of piperidine rings is 1. The average Bonchev–Trinajstić information content (AvgIpc) is 3.03. The van der Waals surface area contributed by atoms with E-state index in [1.807, 2.05) is 12.2 Å². The van der Waals surface area contributed by atoms with Gasteiger partial charge in [0, 0.05) is 31.7 Å². The Hall–Kier alpha value is -2.52. The Morgan fingerprint density at radius 1 is 1.00 bits per heavy atom. The summed E-state index contributed by atoms with van der Waals surface area (Å²) in [5, 5.41) is 2.69. The van der Waals surface area contributed by atoms with Gasteiger partial charge in [-0.15, -0.1) is 0 Å². The number of allylic oxidation sites excluding steroid dienone is 2. The maximum absolute atomic E-state index is 12.8. The van der Waals surface area contributed by atoms with Crippen molar-refractivity contribution >= 4 is 33.4 Å². The number of anilines is 1. The average molecular weight is 446 g/mol. The van der Waals surface area contributed by atoms with Crippen molar-refractivity contribution < 1.29 is 22.8 Å². The van der Waals surface area contributed by atoms with Gasteiger partial charge >= 0.3 is 0 Å². The lowest BCUT2D eigenvalue weighted by Crippen LogP contribution is -2.35. The van der Waals surface area contributed by atoms with Crippen molar-refractivity contribution in [3.8, 4) is 0 Å². The minimum atomic E-state index is -3.59. The number of amides is 3. The van der Waals surface area contributed by atoms with E-state index in [4.69, 9.17) is 0 Å². The highest BCUT2D eigenvalue weighted by molar-refractivity contribution is 7.89. The Morgan fingerprint density at radius 2 is 1.65 bits per heavy atom. The highest BCUT2D eigenvalue weighted by Gasteiger charge is 2.46. The zero-order valence-electron chi connectivity index (χ0n) is 17.3. The standard InChI is InChI=1S/C22H27N3O5S/c26-20(11-14-25-21(27)18-9-2-3-10-19(18)22(25)28)23-16-7-6-8-17(15-16)31(29,30)24-12-4-1-5-13-24/h2-3,6-8,15,18-19H,1,4-5,9-14H2,(H,23,26)/t18-,19-/m0/s1. The van der Waals surface area contributed by atoms with E-state index < -0.39 is 10.0 Å². The molecular weight excluding hydrogens is 418 g/mol. The van der Waals surface area contributed by atoms with Crippen LogP contribution in [0.3, 0.4) is 0 Å². The molecule has 1 N–H and O–H groups in total. The van der Waals surface area contributed by atoms with Crippen LogP contribution in [0.1, 0.15) is 38.5 Å². The molecule has 2 atom stereocenters. The molecule has 166 valence electrons. The lowest BCUT2D eigenvalue weighted by atomic mass is 9.85. The topological polar surface area (TPSA) is 104 Å². The summed E-state index contributed by atoms with van der Waals surface area (Å²) in [6, 6.07) is 6.20. The number of rotatable bonds is 6. The number of benzene rings is 1. The molecule has 1 aliphatic carbocycles. The molecule has 31 heavy (non-hydrogen) atoms. The summed E-state index contributed by atoms with van der Waals surface area (Å²) in [7, 11) is -3.59. The minimum absolute atomic E-state index is 0.0300. The Kier molecular flexibility index (Phi) is 6.24. The van der Waals surface area contributed by atoms with Crippen LogP contribution in [-0.2, 0) is 24.4 Å². The summed E-state index contributed by atoms with van der Waals surface area (Å²) in [6.07, 6.45) is 7.67. The number of nitrogens with zero attached hydrogens (tertiary/aromatic N) is 2. The molecule has 2 heterocycles. The van der Waals surface area contributed by atoms with E-state index in [1.54, 1.807) is 12.1 Å². The van der Waals surface area contributed by atoms with Gasteiger partial charge in [0.2, 0.25) is 27.7 Å². The van der Waals surface area contributed by atoms with Crippen LogP contribution in [-0.4, -0.2) is 55.0 Å². The maximum atomic E-state index is 12.8. The van der Waals surface area contributed by atoms with Crippen LogP contribution in [0.25, 0.3) is 0 Å². The van der Waals surface area contributed by atoms with Gasteiger partial charge < -0.3 is 5.32 Å². The number of likely N-dealkylation sites (tertiary alicyclic amines) is 1. The molecular formula is C22H27N3O5S. The van der Waals surface area contributed by atoms with Crippen molar-refractivity contribution in [3.63, 3.8) is 0 Å². The van der Waals surface area contributed by atoms with E-state index in [2.05, 4.69) is 5.32 Å². The van der Waals surface area contributed by atoms with Crippen LogP contribution in [0.4, 0.5) is 5.69 Å². The fourth-order valence-corrected chi connectivity index (χ4v) is 6.08. The van der Waals surface area contributed by atoms with Gasteiger partial charge in [-0.25, -0.2) is 8.42 Å². The fraction of sp³-hybridized carbons (Fsp3) is 0.500. The number of imide groups is 1. The molecule has 0 spiro atoms. The number of hydrogen-bond acceptors (Lipinski definition) is 5. The largest absolute Gasteiger partial charge is 0.326 e. The molecule has 9 heteroatoms. The van der Waals surface area contributed by atoms with Crippen molar-refractivity contribution in [2.75, 3.05) is 25.0 Å².